The molecular weight excluding hydrogens is 220 g/mol. The Morgan fingerprint density at radius 3 is 2.64 bits per heavy atom. The lowest BCUT2D eigenvalue weighted by molar-refractivity contribution is -0.384. The normalized spacial score (nSPS) is 10.3. The van der Waals surface area contributed by atoms with Gasteiger partial charge in [-0.1, -0.05) is 11.6 Å². The number of halogens is 3. The fourth-order valence-corrected chi connectivity index (χ4v) is 0.995. The van der Waals surface area contributed by atoms with Gasteiger partial charge in [-0.2, -0.15) is 8.78 Å². The van der Waals surface area contributed by atoms with E-state index in [1.165, 1.54) is 0 Å². The van der Waals surface area contributed by atoms with Crippen LogP contribution < -0.4 is 4.74 Å². The summed E-state index contributed by atoms with van der Waals surface area (Å²) in [5.41, 5.74) is -0.468. The highest BCUT2D eigenvalue weighted by atomic mass is 35.5. The first-order valence-corrected chi connectivity index (χ1v) is 3.77. The summed E-state index contributed by atoms with van der Waals surface area (Å²) in [7, 11) is 0. The number of ether oxygens (including phenoxy) is 1. The highest BCUT2D eigenvalue weighted by Crippen LogP contribution is 2.29. The SMILES string of the molecule is O=[N+]([O-])c1cc(OC(F)F)ccc1Cl. The third-order valence-corrected chi connectivity index (χ3v) is 1.66. The summed E-state index contributed by atoms with van der Waals surface area (Å²) in [6.45, 7) is -3.02. The molecule has 0 atom stereocenters. The van der Waals surface area contributed by atoms with Gasteiger partial charge in [0.25, 0.3) is 5.69 Å². The van der Waals surface area contributed by atoms with E-state index < -0.39 is 17.2 Å². The molecule has 1 aromatic rings. The maximum absolute atomic E-state index is 11.7. The fraction of sp³-hybridized carbons (Fsp3) is 0.143. The highest BCUT2D eigenvalue weighted by Gasteiger charge is 2.14. The molecule has 0 saturated heterocycles. The molecule has 0 spiro atoms. The number of nitrogens with zero attached hydrogens (tertiary/aromatic N) is 1. The van der Waals surface area contributed by atoms with E-state index in [9.17, 15) is 18.9 Å². The van der Waals surface area contributed by atoms with E-state index in [-0.39, 0.29) is 10.8 Å². The van der Waals surface area contributed by atoms with Gasteiger partial charge in [0, 0.05) is 0 Å². The van der Waals surface area contributed by atoms with Crippen LogP contribution >= 0.6 is 11.6 Å². The van der Waals surface area contributed by atoms with Crippen LogP contribution in [-0.2, 0) is 0 Å². The molecule has 0 fully saturated rings. The largest absolute Gasteiger partial charge is 0.435 e. The molecule has 0 aliphatic carbocycles. The van der Waals surface area contributed by atoms with Crippen LogP contribution in [0.1, 0.15) is 0 Å². The number of benzene rings is 1. The molecule has 0 amide bonds. The molecule has 0 radical (unpaired) electrons. The number of nitro groups is 1. The zero-order valence-corrected chi connectivity index (χ0v) is 7.37. The third-order valence-electron chi connectivity index (χ3n) is 1.34. The molecule has 0 aromatic heterocycles. The summed E-state index contributed by atoms with van der Waals surface area (Å²) in [5, 5.41) is 10.2. The van der Waals surface area contributed by atoms with Gasteiger partial charge in [0.2, 0.25) is 0 Å². The number of hydrogen-bond acceptors (Lipinski definition) is 3. The van der Waals surface area contributed by atoms with Crippen molar-refractivity contribution in [2.24, 2.45) is 0 Å². The van der Waals surface area contributed by atoms with Gasteiger partial charge < -0.3 is 4.74 Å². The van der Waals surface area contributed by atoms with Crippen molar-refractivity contribution in [2.45, 2.75) is 6.61 Å². The summed E-state index contributed by atoms with van der Waals surface area (Å²) in [6, 6.07) is 3.09. The van der Waals surface area contributed by atoms with Crippen molar-refractivity contribution < 1.29 is 18.4 Å². The van der Waals surface area contributed by atoms with E-state index in [1.54, 1.807) is 0 Å². The summed E-state index contributed by atoms with van der Waals surface area (Å²) in [4.78, 5) is 9.56. The van der Waals surface area contributed by atoms with Gasteiger partial charge in [-0.05, 0) is 12.1 Å². The fourth-order valence-electron chi connectivity index (χ4n) is 0.809. The highest BCUT2D eigenvalue weighted by molar-refractivity contribution is 6.32. The zero-order chi connectivity index (χ0) is 10.7. The van der Waals surface area contributed by atoms with Crippen LogP contribution in [0.5, 0.6) is 5.75 Å². The minimum atomic E-state index is -3.02. The van der Waals surface area contributed by atoms with Gasteiger partial charge in [-0.3, -0.25) is 10.1 Å². The summed E-state index contributed by atoms with van der Waals surface area (Å²) < 4.78 is 27.4. The molecular formula is C7H4ClF2NO3. The van der Waals surface area contributed by atoms with Crippen LogP contribution in [-0.4, -0.2) is 11.5 Å². The molecule has 1 rings (SSSR count). The van der Waals surface area contributed by atoms with E-state index in [1.807, 2.05) is 0 Å². The van der Waals surface area contributed by atoms with Crippen LogP contribution in [0.15, 0.2) is 18.2 Å². The molecule has 0 aliphatic rings. The van der Waals surface area contributed by atoms with Crippen LogP contribution in [0.4, 0.5) is 14.5 Å². The Labute approximate surface area is 82.2 Å². The summed E-state index contributed by atoms with van der Waals surface area (Å²) >= 11 is 5.44. The molecule has 0 heterocycles. The van der Waals surface area contributed by atoms with Gasteiger partial charge in [0.1, 0.15) is 10.8 Å². The van der Waals surface area contributed by atoms with Crippen molar-refractivity contribution in [3.63, 3.8) is 0 Å². The van der Waals surface area contributed by atoms with Gasteiger partial charge in [-0.25, -0.2) is 0 Å². The van der Waals surface area contributed by atoms with Gasteiger partial charge in [-0.15, -0.1) is 0 Å². The second-order valence-corrected chi connectivity index (χ2v) is 2.66. The molecule has 0 N–H and O–H groups in total. The van der Waals surface area contributed by atoms with Crippen molar-refractivity contribution in [2.75, 3.05) is 0 Å². The van der Waals surface area contributed by atoms with E-state index >= 15 is 0 Å². The molecule has 0 unspecified atom stereocenters. The second-order valence-electron chi connectivity index (χ2n) is 2.25. The Balaban J connectivity index is 3.00. The maximum atomic E-state index is 11.7. The smallest absolute Gasteiger partial charge is 0.387 e. The number of hydrogen-bond donors (Lipinski definition) is 0. The predicted octanol–water partition coefficient (Wildman–Crippen LogP) is 2.85. The van der Waals surface area contributed by atoms with Gasteiger partial charge in [0.05, 0.1) is 11.0 Å². The molecule has 0 aliphatic heterocycles. The average Bonchev–Trinajstić information content (AvgIpc) is 2.07. The van der Waals surface area contributed by atoms with Crippen molar-refractivity contribution in [1.82, 2.24) is 0 Å². The Morgan fingerprint density at radius 1 is 1.50 bits per heavy atom. The predicted molar refractivity (Wildman–Crippen MR) is 44.7 cm³/mol. The number of rotatable bonds is 3. The van der Waals surface area contributed by atoms with Crippen LogP contribution in [0.2, 0.25) is 5.02 Å². The third kappa shape index (κ3) is 2.53. The standard InChI is InChI=1S/C7H4ClF2NO3/c8-5-2-1-4(14-7(9)10)3-6(5)11(12)13/h1-3,7H. The van der Waals surface area contributed by atoms with Gasteiger partial charge >= 0.3 is 6.61 Å². The first kappa shape index (κ1) is 10.6. The zero-order valence-electron chi connectivity index (χ0n) is 6.62. The Hall–Kier alpha value is -1.43. The lowest BCUT2D eigenvalue weighted by Crippen LogP contribution is -2.02. The molecule has 0 bridgehead atoms. The number of alkyl halides is 2. The minimum Gasteiger partial charge on any atom is -0.435 e. The van der Waals surface area contributed by atoms with Crippen molar-refractivity contribution in [3.05, 3.63) is 33.3 Å². The van der Waals surface area contributed by atoms with Crippen molar-refractivity contribution in [3.8, 4) is 5.75 Å². The van der Waals surface area contributed by atoms with Crippen LogP contribution in [0.3, 0.4) is 0 Å². The lowest BCUT2D eigenvalue weighted by Gasteiger charge is -2.03. The van der Waals surface area contributed by atoms with Crippen LogP contribution in [0, 0.1) is 10.1 Å². The average molecular weight is 224 g/mol. The second kappa shape index (κ2) is 4.19. The van der Waals surface area contributed by atoms with Crippen molar-refractivity contribution >= 4 is 17.3 Å². The first-order chi connectivity index (χ1) is 6.50. The number of nitro benzene ring substituents is 1. The van der Waals surface area contributed by atoms with Crippen molar-refractivity contribution in [1.29, 1.82) is 0 Å². The monoisotopic (exact) mass is 223 g/mol. The van der Waals surface area contributed by atoms with E-state index in [4.69, 9.17) is 11.6 Å². The Morgan fingerprint density at radius 2 is 2.14 bits per heavy atom. The summed E-state index contributed by atoms with van der Waals surface area (Å²) in [5.74, 6) is -0.295. The van der Waals surface area contributed by atoms with E-state index in [2.05, 4.69) is 4.74 Å². The molecule has 76 valence electrons. The lowest BCUT2D eigenvalue weighted by atomic mass is 10.3. The first-order valence-electron chi connectivity index (χ1n) is 3.39. The Bertz CT molecular complexity index is 359. The van der Waals surface area contributed by atoms with E-state index in [0.29, 0.717) is 0 Å². The molecule has 14 heavy (non-hydrogen) atoms. The molecule has 4 nitrogen and oxygen atoms in total. The topological polar surface area (TPSA) is 52.4 Å². The van der Waals surface area contributed by atoms with Crippen LogP contribution in [0.25, 0.3) is 0 Å². The summed E-state index contributed by atoms with van der Waals surface area (Å²) in [6.07, 6.45) is 0. The van der Waals surface area contributed by atoms with Gasteiger partial charge in [0.15, 0.2) is 0 Å². The quantitative estimate of drug-likeness (QED) is 0.585. The minimum absolute atomic E-state index is 0.128. The maximum Gasteiger partial charge on any atom is 0.387 e. The Kier molecular flexibility index (Phi) is 3.19. The molecule has 1 aromatic carbocycles. The molecule has 0 saturated carbocycles. The molecule has 7 heteroatoms. The van der Waals surface area contributed by atoms with E-state index in [0.717, 1.165) is 18.2 Å².